The minimum Gasteiger partial charge on any atom is -0.497 e. The van der Waals surface area contributed by atoms with Gasteiger partial charge in [0.05, 0.1) is 7.11 Å². The highest BCUT2D eigenvalue weighted by Gasteiger charge is 2.36. The van der Waals surface area contributed by atoms with Crippen LogP contribution >= 0.6 is 12.4 Å². The van der Waals surface area contributed by atoms with E-state index in [-0.39, 0.29) is 24.9 Å². The number of nitrogens with one attached hydrogen (secondary N) is 1. The summed E-state index contributed by atoms with van der Waals surface area (Å²) in [6.45, 7) is 0.0724. The minimum absolute atomic E-state index is 0. The molecule has 1 amide bonds. The summed E-state index contributed by atoms with van der Waals surface area (Å²) in [7, 11) is 3.51. The Bertz CT molecular complexity index is 528. The van der Waals surface area contributed by atoms with E-state index in [4.69, 9.17) is 9.47 Å². The van der Waals surface area contributed by atoms with Crippen LogP contribution in [0.1, 0.15) is 25.7 Å². The van der Waals surface area contributed by atoms with Gasteiger partial charge in [-0.15, -0.1) is 12.4 Å². The van der Waals surface area contributed by atoms with E-state index in [1.807, 2.05) is 30.1 Å². The number of halogens is 1. The highest BCUT2D eigenvalue weighted by molar-refractivity contribution is 5.85. The van der Waals surface area contributed by atoms with Crippen molar-refractivity contribution in [2.45, 2.75) is 43.8 Å². The monoisotopic (exact) mass is 340 g/mol. The van der Waals surface area contributed by atoms with Gasteiger partial charge in [0.1, 0.15) is 11.5 Å². The molecule has 2 bridgehead atoms. The topological polar surface area (TPSA) is 50.8 Å². The van der Waals surface area contributed by atoms with E-state index in [2.05, 4.69) is 5.32 Å². The van der Waals surface area contributed by atoms with Crippen molar-refractivity contribution in [1.29, 1.82) is 0 Å². The van der Waals surface area contributed by atoms with Gasteiger partial charge < -0.3 is 19.7 Å². The van der Waals surface area contributed by atoms with E-state index >= 15 is 0 Å². The number of carbonyl (C=O) groups excluding carboxylic acids is 1. The summed E-state index contributed by atoms with van der Waals surface area (Å²) in [5, 5.41) is 3.60. The zero-order chi connectivity index (χ0) is 15.5. The maximum absolute atomic E-state index is 12.4. The first-order valence-electron chi connectivity index (χ1n) is 7.94. The Morgan fingerprint density at radius 3 is 2.57 bits per heavy atom. The van der Waals surface area contributed by atoms with Gasteiger partial charge >= 0.3 is 0 Å². The number of ether oxygens (including phenoxy) is 2. The summed E-state index contributed by atoms with van der Waals surface area (Å²) < 4.78 is 10.8. The number of fused-ring (bicyclic) bond motifs is 2. The fourth-order valence-electron chi connectivity index (χ4n) is 3.48. The lowest BCUT2D eigenvalue weighted by Crippen LogP contribution is -2.49. The Morgan fingerprint density at radius 1 is 1.26 bits per heavy atom. The Morgan fingerprint density at radius 2 is 1.91 bits per heavy atom. The van der Waals surface area contributed by atoms with Crippen LogP contribution in [-0.2, 0) is 4.79 Å². The van der Waals surface area contributed by atoms with Crippen molar-refractivity contribution < 1.29 is 14.3 Å². The van der Waals surface area contributed by atoms with Crippen LogP contribution in [-0.4, -0.2) is 49.7 Å². The molecule has 0 aromatic heterocycles. The van der Waals surface area contributed by atoms with Crippen LogP contribution in [0.25, 0.3) is 0 Å². The summed E-state index contributed by atoms with van der Waals surface area (Å²) in [4.78, 5) is 14.2. The Hall–Kier alpha value is -1.46. The van der Waals surface area contributed by atoms with Gasteiger partial charge in [-0.1, -0.05) is 6.07 Å². The number of rotatable bonds is 5. The van der Waals surface area contributed by atoms with Crippen molar-refractivity contribution in [2.24, 2.45) is 0 Å². The van der Waals surface area contributed by atoms with Gasteiger partial charge in [0.25, 0.3) is 5.91 Å². The smallest absolute Gasteiger partial charge is 0.260 e. The van der Waals surface area contributed by atoms with Crippen LogP contribution in [0, 0.1) is 0 Å². The van der Waals surface area contributed by atoms with E-state index in [0.717, 1.165) is 18.6 Å². The molecule has 1 aromatic carbocycles. The second kappa shape index (κ2) is 7.88. The van der Waals surface area contributed by atoms with Crippen LogP contribution in [0.5, 0.6) is 11.5 Å². The fraction of sp³-hybridized carbons (Fsp3) is 0.588. The molecule has 0 saturated carbocycles. The summed E-state index contributed by atoms with van der Waals surface area (Å²) >= 11 is 0. The van der Waals surface area contributed by atoms with E-state index in [1.54, 1.807) is 13.2 Å². The molecule has 1 N–H and O–H groups in total. The van der Waals surface area contributed by atoms with E-state index < -0.39 is 0 Å². The summed E-state index contributed by atoms with van der Waals surface area (Å²) in [6.07, 6.45) is 4.59. The predicted molar refractivity (Wildman–Crippen MR) is 91.5 cm³/mol. The minimum atomic E-state index is 0. The third kappa shape index (κ3) is 4.30. The molecule has 2 atom stereocenters. The number of piperidine rings is 1. The van der Waals surface area contributed by atoms with Crippen LogP contribution in [0.3, 0.4) is 0 Å². The molecule has 5 nitrogen and oxygen atoms in total. The largest absolute Gasteiger partial charge is 0.497 e. The second-order valence-electron chi connectivity index (χ2n) is 6.24. The molecular formula is C17H25ClN2O3. The van der Waals surface area contributed by atoms with Crippen molar-refractivity contribution in [3.05, 3.63) is 24.3 Å². The highest BCUT2D eigenvalue weighted by Crippen LogP contribution is 2.29. The van der Waals surface area contributed by atoms with Gasteiger partial charge in [0.15, 0.2) is 6.61 Å². The number of methoxy groups -OCH3 is 1. The molecule has 3 rings (SSSR count). The molecule has 2 heterocycles. The van der Waals surface area contributed by atoms with Crippen molar-refractivity contribution in [3.63, 3.8) is 0 Å². The zero-order valence-corrected chi connectivity index (χ0v) is 14.5. The van der Waals surface area contributed by atoms with Crippen molar-refractivity contribution >= 4 is 18.3 Å². The third-order valence-corrected chi connectivity index (χ3v) is 4.79. The lowest BCUT2D eigenvalue weighted by atomic mass is 9.98. The van der Waals surface area contributed by atoms with Crippen molar-refractivity contribution in [1.82, 2.24) is 10.2 Å². The first kappa shape index (κ1) is 17.9. The number of hydrogen-bond donors (Lipinski definition) is 1. The molecule has 0 radical (unpaired) electrons. The van der Waals surface area contributed by atoms with Crippen LogP contribution in [0.2, 0.25) is 0 Å². The molecule has 2 fully saturated rings. The molecule has 2 aliphatic heterocycles. The normalized spacial score (nSPS) is 25.4. The fourth-order valence-corrected chi connectivity index (χ4v) is 3.48. The van der Waals surface area contributed by atoms with Gasteiger partial charge in [-0.2, -0.15) is 0 Å². The molecule has 0 aliphatic carbocycles. The SMILES string of the molecule is COc1cccc(OCC(=O)N(C)C2CC3CCC(C2)N3)c1.Cl. The van der Waals surface area contributed by atoms with Crippen LogP contribution in [0.15, 0.2) is 24.3 Å². The number of carbonyl (C=O) groups is 1. The number of amides is 1. The van der Waals surface area contributed by atoms with E-state index in [1.165, 1.54) is 12.8 Å². The summed E-state index contributed by atoms with van der Waals surface area (Å²) in [5.41, 5.74) is 0. The summed E-state index contributed by atoms with van der Waals surface area (Å²) in [6, 6.07) is 8.83. The van der Waals surface area contributed by atoms with E-state index in [9.17, 15) is 4.79 Å². The Kier molecular flexibility index (Phi) is 6.13. The number of likely N-dealkylation sites (N-methyl/N-ethyl adjacent to an activating group) is 1. The molecule has 6 heteroatoms. The zero-order valence-electron chi connectivity index (χ0n) is 13.7. The molecule has 128 valence electrons. The van der Waals surface area contributed by atoms with Gasteiger partial charge in [-0.25, -0.2) is 0 Å². The van der Waals surface area contributed by atoms with Crippen molar-refractivity contribution in [2.75, 3.05) is 20.8 Å². The molecule has 2 unspecified atom stereocenters. The van der Waals surface area contributed by atoms with Gasteiger partial charge in [0, 0.05) is 31.2 Å². The maximum atomic E-state index is 12.4. The number of hydrogen-bond acceptors (Lipinski definition) is 4. The lowest BCUT2D eigenvalue weighted by Gasteiger charge is -2.35. The molecule has 2 aliphatic rings. The first-order chi connectivity index (χ1) is 10.7. The average molecular weight is 341 g/mol. The molecule has 1 aromatic rings. The van der Waals surface area contributed by atoms with Gasteiger partial charge in [-0.3, -0.25) is 4.79 Å². The van der Waals surface area contributed by atoms with E-state index in [0.29, 0.717) is 23.9 Å². The van der Waals surface area contributed by atoms with Crippen molar-refractivity contribution in [3.8, 4) is 11.5 Å². The standard InChI is InChI=1S/C17H24N2O3.ClH/c1-19(14-8-12-6-7-13(9-14)18-12)17(20)11-22-16-5-3-4-15(10-16)21-2;/h3-5,10,12-14,18H,6-9,11H2,1-2H3;1H. The highest BCUT2D eigenvalue weighted by atomic mass is 35.5. The molecule has 23 heavy (non-hydrogen) atoms. The Balaban J connectivity index is 0.00000192. The third-order valence-electron chi connectivity index (χ3n) is 4.79. The number of benzene rings is 1. The van der Waals surface area contributed by atoms with Gasteiger partial charge in [-0.05, 0) is 37.8 Å². The molecule has 0 spiro atoms. The predicted octanol–water partition coefficient (Wildman–Crippen LogP) is 2.24. The lowest BCUT2D eigenvalue weighted by molar-refractivity contribution is -0.134. The van der Waals surface area contributed by atoms with Crippen LogP contribution < -0.4 is 14.8 Å². The quantitative estimate of drug-likeness (QED) is 0.893. The average Bonchev–Trinajstić information content (AvgIpc) is 2.90. The number of nitrogens with zero attached hydrogens (tertiary/aromatic N) is 1. The first-order valence-corrected chi connectivity index (χ1v) is 7.94. The maximum Gasteiger partial charge on any atom is 0.260 e. The molecular weight excluding hydrogens is 316 g/mol. The summed E-state index contributed by atoms with van der Waals surface area (Å²) in [5.74, 6) is 1.42. The second-order valence-corrected chi connectivity index (χ2v) is 6.24. The van der Waals surface area contributed by atoms with Crippen LogP contribution in [0.4, 0.5) is 0 Å². The Labute approximate surface area is 143 Å². The van der Waals surface area contributed by atoms with Gasteiger partial charge in [0.2, 0.25) is 0 Å². The molecule has 2 saturated heterocycles.